The van der Waals surface area contributed by atoms with Gasteiger partial charge in [-0.2, -0.15) is 13.2 Å². The van der Waals surface area contributed by atoms with E-state index in [2.05, 4.69) is 5.32 Å². The van der Waals surface area contributed by atoms with Crippen LogP contribution in [0.25, 0.3) is 0 Å². The molecule has 0 fully saturated rings. The molecule has 2 aliphatic carbocycles. The van der Waals surface area contributed by atoms with Gasteiger partial charge in [-0.25, -0.2) is 0 Å². The summed E-state index contributed by atoms with van der Waals surface area (Å²) >= 11 is 0. The summed E-state index contributed by atoms with van der Waals surface area (Å²) in [5.41, 5.74) is 0.764. The molecule has 0 bridgehead atoms. The fourth-order valence-corrected chi connectivity index (χ4v) is 4.80. The van der Waals surface area contributed by atoms with Crippen LogP contribution in [0.2, 0.25) is 0 Å². The molecular formula is C24H26F3NO2. The molecule has 0 spiro atoms. The fourth-order valence-electron chi connectivity index (χ4n) is 4.80. The summed E-state index contributed by atoms with van der Waals surface area (Å²) in [4.78, 5) is 26.9. The zero-order valence-corrected chi connectivity index (χ0v) is 17.7. The number of alkyl halides is 3. The number of carbonyl (C=O) groups is 2. The molecule has 0 aromatic heterocycles. The highest BCUT2D eigenvalue weighted by Crippen LogP contribution is 2.51. The zero-order valence-electron chi connectivity index (χ0n) is 17.7. The Bertz CT molecular complexity index is 960. The van der Waals surface area contributed by atoms with E-state index in [1.165, 1.54) is 6.07 Å². The van der Waals surface area contributed by atoms with E-state index in [0.29, 0.717) is 42.4 Å². The molecule has 4 rings (SSSR count). The third-order valence-electron chi connectivity index (χ3n) is 6.80. The highest BCUT2D eigenvalue weighted by Gasteiger charge is 2.49. The molecule has 0 saturated heterocycles. The van der Waals surface area contributed by atoms with E-state index < -0.39 is 28.5 Å². The van der Waals surface area contributed by atoms with Gasteiger partial charge in [-0.1, -0.05) is 45.9 Å². The van der Waals surface area contributed by atoms with E-state index in [4.69, 9.17) is 0 Å². The first-order valence-corrected chi connectivity index (χ1v) is 10.3. The lowest BCUT2D eigenvalue weighted by Gasteiger charge is -2.44. The Balaban J connectivity index is 1.95. The van der Waals surface area contributed by atoms with Crippen LogP contribution in [0.15, 0.2) is 46.8 Å². The van der Waals surface area contributed by atoms with Crippen molar-refractivity contribution < 1.29 is 22.8 Å². The van der Waals surface area contributed by atoms with Gasteiger partial charge in [0.05, 0.1) is 5.56 Å². The molecule has 1 aromatic rings. The van der Waals surface area contributed by atoms with Crippen molar-refractivity contribution in [3.8, 4) is 0 Å². The predicted octanol–water partition coefficient (Wildman–Crippen LogP) is 5.68. The number of dihydropyridines is 1. The van der Waals surface area contributed by atoms with Gasteiger partial charge < -0.3 is 5.32 Å². The second-order valence-corrected chi connectivity index (χ2v) is 9.89. The second kappa shape index (κ2) is 6.56. The number of hydrogen-bond donors (Lipinski definition) is 1. The molecule has 3 aliphatic rings. The Morgan fingerprint density at radius 1 is 0.900 bits per heavy atom. The number of benzene rings is 1. The van der Waals surface area contributed by atoms with Crippen molar-refractivity contribution in [2.75, 3.05) is 0 Å². The van der Waals surface area contributed by atoms with Gasteiger partial charge in [0.15, 0.2) is 11.6 Å². The van der Waals surface area contributed by atoms with Crippen LogP contribution in [0.4, 0.5) is 13.2 Å². The van der Waals surface area contributed by atoms with Crippen molar-refractivity contribution >= 4 is 11.6 Å². The van der Waals surface area contributed by atoms with Crippen LogP contribution in [-0.2, 0) is 15.8 Å². The van der Waals surface area contributed by atoms with Gasteiger partial charge in [0.2, 0.25) is 0 Å². The first kappa shape index (κ1) is 20.9. The SMILES string of the molecule is CC1(C)CCC2=C(C1=O)C(c1cccc(C(F)(F)F)c1)C1=C(CCC(C)(C)C1=O)N2. The van der Waals surface area contributed by atoms with Gasteiger partial charge in [-0.15, -0.1) is 0 Å². The van der Waals surface area contributed by atoms with Crippen molar-refractivity contribution in [1.82, 2.24) is 5.32 Å². The summed E-state index contributed by atoms with van der Waals surface area (Å²) in [5, 5.41) is 3.33. The quantitative estimate of drug-likeness (QED) is 0.640. The molecule has 0 atom stereocenters. The maximum atomic E-state index is 13.4. The molecule has 0 radical (unpaired) electrons. The van der Waals surface area contributed by atoms with Crippen LogP contribution in [-0.4, -0.2) is 11.6 Å². The van der Waals surface area contributed by atoms with Gasteiger partial charge in [-0.05, 0) is 37.3 Å². The third kappa shape index (κ3) is 3.21. The molecule has 6 heteroatoms. The predicted molar refractivity (Wildman–Crippen MR) is 107 cm³/mol. The number of allylic oxidation sites excluding steroid dienone is 4. The minimum atomic E-state index is -4.50. The van der Waals surface area contributed by atoms with Gasteiger partial charge in [-0.3, -0.25) is 9.59 Å². The van der Waals surface area contributed by atoms with E-state index in [1.807, 2.05) is 27.7 Å². The van der Waals surface area contributed by atoms with Crippen LogP contribution in [0.5, 0.6) is 0 Å². The molecule has 160 valence electrons. The Hall–Kier alpha value is -2.37. The van der Waals surface area contributed by atoms with Crippen molar-refractivity contribution in [2.45, 2.75) is 65.5 Å². The van der Waals surface area contributed by atoms with E-state index >= 15 is 0 Å². The molecule has 1 aliphatic heterocycles. The molecule has 1 N–H and O–H groups in total. The van der Waals surface area contributed by atoms with Gasteiger partial charge >= 0.3 is 6.18 Å². The second-order valence-electron chi connectivity index (χ2n) is 9.89. The fraction of sp³-hybridized carbons (Fsp3) is 0.500. The van der Waals surface area contributed by atoms with Gasteiger partial charge in [0.1, 0.15) is 0 Å². The Labute approximate surface area is 174 Å². The summed E-state index contributed by atoms with van der Waals surface area (Å²) in [6, 6.07) is 5.07. The van der Waals surface area contributed by atoms with Crippen LogP contribution in [0, 0.1) is 10.8 Å². The number of carbonyl (C=O) groups excluding carboxylic acids is 2. The summed E-state index contributed by atoms with van der Waals surface area (Å²) < 4.78 is 40.3. The normalized spacial score (nSPS) is 23.8. The standard InChI is InChI=1S/C24H26F3NO2/c1-22(2)10-8-15-18(20(22)29)17(13-6-5-7-14(12-13)24(25,26)27)19-16(28-15)9-11-23(3,4)21(19)30/h5-7,12,17,28H,8-11H2,1-4H3. The van der Waals surface area contributed by atoms with Crippen LogP contribution in [0.3, 0.4) is 0 Å². The molecule has 0 unspecified atom stereocenters. The Kier molecular flexibility index (Phi) is 4.57. The number of nitrogens with one attached hydrogen (secondary N) is 1. The first-order chi connectivity index (χ1) is 13.8. The molecule has 1 heterocycles. The molecule has 30 heavy (non-hydrogen) atoms. The molecular weight excluding hydrogens is 391 g/mol. The van der Waals surface area contributed by atoms with Gasteiger partial charge in [0, 0.05) is 39.3 Å². The summed E-state index contributed by atoms with van der Waals surface area (Å²) in [6.45, 7) is 7.44. The molecule has 0 amide bonds. The average molecular weight is 417 g/mol. The maximum absolute atomic E-state index is 13.4. The van der Waals surface area contributed by atoms with Crippen LogP contribution >= 0.6 is 0 Å². The topological polar surface area (TPSA) is 46.2 Å². The average Bonchev–Trinajstić information content (AvgIpc) is 2.66. The number of halogens is 3. The van der Waals surface area contributed by atoms with E-state index in [-0.39, 0.29) is 11.6 Å². The van der Waals surface area contributed by atoms with E-state index in [0.717, 1.165) is 23.5 Å². The van der Waals surface area contributed by atoms with Crippen molar-refractivity contribution in [3.05, 3.63) is 57.9 Å². The summed E-state index contributed by atoms with van der Waals surface area (Å²) in [6.07, 6.45) is -1.90. The lowest BCUT2D eigenvalue weighted by molar-refractivity contribution is -0.137. The minimum absolute atomic E-state index is 0.0959. The lowest BCUT2D eigenvalue weighted by atomic mass is 9.62. The zero-order chi connectivity index (χ0) is 22.1. The van der Waals surface area contributed by atoms with E-state index in [1.54, 1.807) is 6.07 Å². The number of ketones is 2. The summed E-state index contributed by atoms with van der Waals surface area (Å²) in [5.74, 6) is -0.958. The number of rotatable bonds is 1. The minimum Gasteiger partial charge on any atom is -0.362 e. The largest absolute Gasteiger partial charge is 0.416 e. The van der Waals surface area contributed by atoms with Crippen molar-refractivity contribution in [2.24, 2.45) is 10.8 Å². The number of Topliss-reactive ketones (excluding diaryl/α,β-unsaturated/α-hetero) is 2. The molecule has 0 saturated carbocycles. The summed E-state index contributed by atoms with van der Waals surface area (Å²) in [7, 11) is 0. The van der Waals surface area contributed by atoms with E-state index in [9.17, 15) is 22.8 Å². The first-order valence-electron chi connectivity index (χ1n) is 10.3. The third-order valence-corrected chi connectivity index (χ3v) is 6.80. The van der Waals surface area contributed by atoms with Crippen molar-refractivity contribution in [1.29, 1.82) is 0 Å². The van der Waals surface area contributed by atoms with Crippen molar-refractivity contribution in [3.63, 3.8) is 0 Å². The highest BCUT2D eigenvalue weighted by atomic mass is 19.4. The lowest BCUT2D eigenvalue weighted by Crippen LogP contribution is -2.44. The molecule has 3 nitrogen and oxygen atoms in total. The Morgan fingerprint density at radius 3 is 1.87 bits per heavy atom. The van der Waals surface area contributed by atoms with Crippen LogP contribution in [0.1, 0.15) is 70.4 Å². The van der Waals surface area contributed by atoms with Crippen LogP contribution < -0.4 is 5.32 Å². The highest BCUT2D eigenvalue weighted by molar-refractivity contribution is 6.09. The number of hydrogen-bond acceptors (Lipinski definition) is 3. The smallest absolute Gasteiger partial charge is 0.362 e. The molecule has 1 aromatic carbocycles. The maximum Gasteiger partial charge on any atom is 0.416 e. The van der Waals surface area contributed by atoms with Gasteiger partial charge in [0.25, 0.3) is 0 Å². The Morgan fingerprint density at radius 2 is 1.40 bits per heavy atom. The monoisotopic (exact) mass is 417 g/mol.